The lowest BCUT2D eigenvalue weighted by atomic mass is 9.91. The lowest BCUT2D eigenvalue weighted by Gasteiger charge is -2.24. The van der Waals surface area contributed by atoms with Crippen LogP contribution in [-0.4, -0.2) is 33.5 Å². The average Bonchev–Trinajstić information content (AvgIpc) is 3.05. The molecule has 5 heteroatoms. The zero-order valence-corrected chi connectivity index (χ0v) is 13.9. The van der Waals surface area contributed by atoms with E-state index in [-0.39, 0.29) is 6.03 Å². The van der Waals surface area contributed by atoms with Gasteiger partial charge in [0.1, 0.15) is 5.82 Å². The summed E-state index contributed by atoms with van der Waals surface area (Å²) in [5.41, 5.74) is 4.49. The molecule has 2 N–H and O–H groups in total. The van der Waals surface area contributed by atoms with Crippen LogP contribution in [0.2, 0.25) is 0 Å². The molecule has 1 aromatic heterocycles. The molecule has 0 spiro atoms. The Morgan fingerprint density at radius 3 is 3.00 bits per heavy atom. The fourth-order valence-electron chi connectivity index (χ4n) is 4.05. The minimum Gasteiger partial charge on any atom is -0.340 e. The van der Waals surface area contributed by atoms with Gasteiger partial charge in [-0.3, -0.25) is 0 Å². The predicted molar refractivity (Wildman–Crippen MR) is 90.3 cm³/mol. The number of hydrogen-bond donors (Lipinski definition) is 2. The minimum atomic E-state index is 0.0622. The largest absolute Gasteiger partial charge is 0.340 e. The summed E-state index contributed by atoms with van der Waals surface area (Å²) in [7, 11) is 0. The number of hydrogen-bond acceptors (Lipinski definition) is 2. The Kier molecular flexibility index (Phi) is 3.51. The number of aromatic nitrogens is 2. The molecule has 2 bridgehead atoms. The quantitative estimate of drug-likeness (QED) is 0.894. The van der Waals surface area contributed by atoms with Crippen LogP contribution in [0.3, 0.4) is 0 Å². The molecule has 2 aliphatic rings. The van der Waals surface area contributed by atoms with Crippen molar-refractivity contribution in [1.29, 1.82) is 0 Å². The van der Waals surface area contributed by atoms with Gasteiger partial charge in [0.25, 0.3) is 0 Å². The molecule has 0 radical (unpaired) electrons. The molecule has 23 heavy (non-hydrogen) atoms. The highest BCUT2D eigenvalue weighted by Gasteiger charge is 2.37. The van der Waals surface area contributed by atoms with Crippen LogP contribution in [0.1, 0.15) is 42.6 Å². The van der Waals surface area contributed by atoms with E-state index in [1.165, 1.54) is 30.4 Å². The van der Waals surface area contributed by atoms with Crippen LogP contribution >= 0.6 is 0 Å². The topological polar surface area (TPSA) is 61.0 Å². The first-order valence-corrected chi connectivity index (χ1v) is 8.60. The molecule has 4 rings (SSSR count). The first-order valence-electron chi connectivity index (χ1n) is 8.60. The molecule has 5 nitrogen and oxygen atoms in total. The number of nitrogens with zero attached hydrogens (tertiary/aromatic N) is 2. The van der Waals surface area contributed by atoms with Gasteiger partial charge >= 0.3 is 6.03 Å². The highest BCUT2D eigenvalue weighted by Crippen LogP contribution is 2.35. The third-order valence-electron chi connectivity index (χ3n) is 5.47. The average molecular weight is 312 g/mol. The summed E-state index contributed by atoms with van der Waals surface area (Å²) in [6.45, 7) is 5.58. The van der Waals surface area contributed by atoms with E-state index in [4.69, 9.17) is 0 Å². The van der Waals surface area contributed by atoms with Crippen LogP contribution < -0.4 is 5.32 Å². The number of likely N-dealkylation sites (tertiary alicyclic amines) is 1. The molecule has 2 atom stereocenters. The van der Waals surface area contributed by atoms with E-state index in [0.717, 1.165) is 35.7 Å². The van der Waals surface area contributed by atoms with Gasteiger partial charge in [-0.05, 0) is 62.3 Å². The van der Waals surface area contributed by atoms with Gasteiger partial charge in [-0.1, -0.05) is 6.42 Å². The fourth-order valence-corrected chi connectivity index (χ4v) is 4.05. The van der Waals surface area contributed by atoms with Gasteiger partial charge in [-0.2, -0.15) is 0 Å². The predicted octanol–water partition coefficient (Wildman–Crippen LogP) is 3.26. The van der Waals surface area contributed by atoms with Crippen molar-refractivity contribution in [2.24, 2.45) is 5.92 Å². The molecule has 0 unspecified atom stereocenters. The molecule has 1 saturated carbocycles. The molecule has 1 aromatic carbocycles. The Balaban J connectivity index is 1.43. The second kappa shape index (κ2) is 5.55. The fraction of sp³-hybridized carbons (Fsp3) is 0.556. The van der Waals surface area contributed by atoms with Crippen molar-refractivity contribution in [3.8, 4) is 0 Å². The van der Waals surface area contributed by atoms with Crippen molar-refractivity contribution in [2.75, 3.05) is 6.54 Å². The van der Waals surface area contributed by atoms with Crippen LogP contribution in [0.5, 0.6) is 0 Å². The summed E-state index contributed by atoms with van der Waals surface area (Å²) in [5.74, 6) is 1.54. The Hall–Kier alpha value is -2.04. The van der Waals surface area contributed by atoms with Gasteiger partial charge in [-0.25, -0.2) is 9.78 Å². The number of H-pyrrole nitrogens is 1. The molecular formula is C18H24N4O. The second-order valence-electron chi connectivity index (χ2n) is 7.13. The first-order chi connectivity index (χ1) is 11.1. The number of nitrogens with one attached hydrogen (secondary N) is 2. The van der Waals surface area contributed by atoms with Gasteiger partial charge in [0.2, 0.25) is 0 Å². The molecular weight excluding hydrogens is 288 g/mol. The van der Waals surface area contributed by atoms with Crippen LogP contribution in [0.4, 0.5) is 4.79 Å². The van der Waals surface area contributed by atoms with Gasteiger partial charge < -0.3 is 15.2 Å². The second-order valence-corrected chi connectivity index (χ2v) is 7.13. The minimum absolute atomic E-state index is 0.0622. The van der Waals surface area contributed by atoms with Crippen molar-refractivity contribution in [1.82, 2.24) is 20.2 Å². The van der Waals surface area contributed by atoms with Gasteiger partial charge in [0.05, 0.1) is 17.6 Å². The highest BCUT2D eigenvalue weighted by molar-refractivity contribution is 5.78. The summed E-state index contributed by atoms with van der Waals surface area (Å²) < 4.78 is 0. The van der Waals surface area contributed by atoms with E-state index in [9.17, 15) is 4.79 Å². The standard InChI is InChI=1S/C18H24N4O/c1-11-6-15-16(7-12(11)2)21-17(20-15)9-19-18(23)22-10-13-4-3-5-14(22)8-13/h6-7,13-14H,3-5,8-10H2,1-2H3,(H,19,23)(H,20,21)/t13-,14+/m1/s1. The Morgan fingerprint density at radius 2 is 2.17 bits per heavy atom. The number of imidazole rings is 1. The summed E-state index contributed by atoms with van der Waals surface area (Å²) >= 11 is 0. The van der Waals surface area contributed by atoms with E-state index < -0.39 is 0 Å². The van der Waals surface area contributed by atoms with Crippen LogP contribution in [0, 0.1) is 19.8 Å². The molecule has 2 amide bonds. The molecule has 2 aromatic rings. The molecule has 2 fully saturated rings. The molecule has 1 saturated heterocycles. The van der Waals surface area contributed by atoms with Crippen molar-refractivity contribution >= 4 is 17.1 Å². The maximum absolute atomic E-state index is 12.5. The number of benzene rings is 1. The van der Waals surface area contributed by atoms with E-state index in [1.807, 2.05) is 4.90 Å². The van der Waals surface area contributed by atoms with Crippen molar-refractivity contribution < 1.29 is 4.79 Å². The van der Waals surface area contributed by atoms with Crippen LogP contribution in [0.15, 0.2) is 12.1 Å². The first kappa shape index (κ1) is 14.5. The number of aromatic amines is 1. The molecule has 1 aliphatic carbocycles. The zero-order valence-electron chi connectivity index (χ0n) is 13.9. The zero-order chi connectivity index (χ0) is 16.0. The normalized spacial score (nSPS) is 23.5. The smallest absolute Gasteiger partial charge is 0.318 e. The van der Waals surface area contributed by atoms with Crippen molar-refractivity contribution in [2.45, 2.75) is 52.1 Å². The summed E-state index contributed by atoms with van der Waals surface area (Å²) in [4.78, 5) is 22.4. The van der Waals surface area contributed by atoms with Gasteiger partial charge in [-0.15, -0.1) is 0 Å². The van der Waals surface area contributed by atoms with Gasteiger partial charge in [0, 0.05) is 12.6 Å². The lowest BCUT2D eigenvalue weighted by molar-refractivity contribution is 0.190. The lowest BCUT2D eigenvalue weighted by Crippen LogP contribution is -2.42. The number of rotatable bonds is 2. The number of aryl methyl sites for hydroxylation is 2. The molecule has 2 heterocycles. The monoisotopic (exact) mass is 312 g/mol. The van der Waals surface area contributed by atoms with E-state index >= 15 is 0 Å². The van der Waals surface area contributed by atoms with Crippen LogP contribution in [0.25, 0.3) is 11.0 Å². The van der Waals surface area contributed by atoms with E-state index in [1.54, 1.807) is 0 Å². The van der Waals surface area contributed by atoms with E-state index in [0.29, 0.717) is 12.6 Å². The number of fused-ring (bicyclic) bond motifs is 3. The summed E-state index contributed by atoms with van der Waals surface area (Å²) in [5, 5.41) is 3.04. The summed E-state index contributed by atoms with van der Waals surface area (Å²) in [6, 6.07) is 4.73. The van der Waals surface area contributed by atoms with Crippen LogP contribution in [-0.2, 0) is 6.54 Å². The third kappa shape index (κ3) is 2.69. The van der Waals surface area contributed by atoms with Gasteiger partial charge in [0.15, 0.2) is 0 Å². The van der Waals surface area contributed by atoms with E-state index in [2.05, 4.69) is 41.3 Å². The third-order valence-corrected chi connectivity index (χ3v) is 5.47. The molecule has 122 valence electrons. The SMILES string of the molecule is Cc1cc2nc(CNC(=O)N3C[C@@H]4CCC[C@H]3C4)[nH]c2cc1C. The number of carbonyl (C=O) groups excluding carboxylic acids is 1. The maximum atomic E-state index is 12.5. The Morgan fingerprint density at radius 1 is 1.35 bits per heavy atom. The molecule has 1 aliphatic heterocycles. The number of carbonyl (C=O) groups is 1. The summed E-state index contributed by atoms with van der Waals surface area (Å²) in [6.07, 6.45) is 4.90. The highest BCUT2D eigenvalue weighted by atomic mass is 16.2. The number of amides is 2. The number of urea groups is 1. The Bertz CT molecular complexity index is 712. The van der Waals surface area contributed by atoms with Crippen molar-refractivity contribution in [3.05, 3.63) is 29.1 Å². The maximum Gasteiger partial charge on any atom is 0.318 e. The Labute approximate surface area is 136 Å². The van der Waals surface area contributed by atoms with Crippen molar-refractivity contribution in [3.63, 3.8) is 0 Å².